The second kappa shape index (κ2) is 4.63. The maximum Gasteiger partial charge on any atom is 0.335 e. The van der Waals surface area contributed by atoms with Gasteiger partial charge in [0.1, 0.15) is 5.82 Å². The molecule has 3 nitrogen and oxygen atoms in total. The van der Waals surface area contributed by atoms with Crippen LogP contribution in [-0.2, 0) is 6.42 Å². The first kappa shape index (κ1) is 11.7. The van der Waals surface area contributed by atoms with Gasteiger partial charge in [-0.05, 0) is 41.7 Å². The van der Waals surface area contributed by atoms with Gasteiger partial charge >= 0.3 is 5.97 Å². The van der Waals surface area contributed by atoms with Gasteiger partial charge in [0.05, 0.1) is 5.56 Å². The third-order valence-corrected chi connectivity index (χ3v) is 3.36. The molecule has 0 aliphatic heterocycles. The van der Waals surface area contributed by atoms with Gasteiger partial charge in [-0.25, -0.2) is 13.6 Å². The molecule has 1 aromatic carbocycles. The summed E-state index contributed by atoms with van der Waals surface area (Å²) in [6.07, 6.45) is 2.43. The Balaban J connectivity index is 2.56. The van der Waals surface area contributed by atoms with Crippen LogP contribution < -0.4 is 0 Å². The van der Waals surface area contributed by atoms with Gasteiger partial charge in [-0.1, -0.05) is 6.92 Å². The molecule has 1 heterocycles. The molecule has 0 atom stereocenters. The first-order valence-electron chi connectivity index (χ1n) is 5.09. The number of aromatic nitrogens is 1. The molecule has 0 radical (unpaired) electrons. The zero-order chi connectivity index (χ0) is 12.4. The molecule has 2 rings (SSSR count). The number of hydrogen-bond donors (Lipinski definition) is 1. The lowest BCUT2D eigenvalue weighted by Gasteiger charge is -2.03. The van der Waals surface area contributed by atoms with Crippen LogP contribution in [0.1, 0.15) is 22.2 Å². The molecule has 0 bridgehead atoms. The zero-order valence-corrected chi connectivity index (χ0v) is 9.92. The van der Waals surface area contributed by atoms with Crippen LogP contribution in [0.4, 0.5) is 4.39 Å². The Morgan fingerprint density at radius 3 is 2.88 bits per heavy atom. The minimum atomic E-state index is -1.13. The first-order valence-corrected chi connectivity index (χ1v) is 5.87. The van der Waals surface area contributed by atoms with Crippen molar-refractivity contribution in [1.82, 2.24) is 4.37 Å². The highest BCUT2D eigenvalue weighted by atomic mass is 32.1. The normalized spacial score (nSPS) is 10.5. The van der Waals surface area contributed by atoms with E-state index in [2.05, 4.69) is 4.37 Å². The van der Waals surface area contributed by atoms with E-state index >= 15 is 0 Å². The smallest absolute Gasteiger partial charge is 0.335 e. The van der Waals surface area contributed by atoms with E-state index in [0.717, 1.165) is 22.9 Å². The second-order valence-electron chi connectivity index (χ2n) is 3.55. The molecule has 0 spiro atoms. The van der Waals surface area contributed by atoms with Crippen molar-refractivity contribution in [2.75, 3.05) is 0 Å². The quantitative estimate of drug-likeness (QED) is 0.911. The van der Waals surface area contributed by atoms with Crippen molar-refractivity contribution < 1.29 is 14.3 Å². The standard InChI is InChI=1S/C12H10FNO2S/c1-2-11-10(6-14-17-11)7-3-8(12(15)16)5-9(13)4-7/h3-6H,2H2,1H3,(H,15,16). The lowest BCUT2D eigenvalue weighted by atomic mass is 10.0. The minimum absolute atomic E-state index is 0.0479. The Hall–Kier alpha value is -1.75. The average Bonchev–Trinajstić information content (AvgIpc) is 2.76. The molecular weight excluding hydrogens is 241 g/mol. The summed E-state index contributed by atoms with van der Waals surface area (Å²) in [4.78, 5) is 11.9. The van der Waals surface area contributed by atoms with Gasteiger partial charge in [0, 0.05) is 16.6 Å². The molecule has 0 unspecified atom stereocenters. The van der Waals surface area contributed by atoms with Crippen LogP contribution in [0.25, 0.3) is 11.1 Å². The largest absolute Gasteiger partial charge is 0.478 e. The maximum absolute atomic E-state index is 13.3. The fourth-order valence-corrected chi connectivity index (χ4v) is 2.31. The summed E-state index contributed by atoms with van der Waals surface area (Å²) in [6.45, 7) is 1.98. The number of benzene rings is 1. The number of carbonyl (C=O) groups is 1. The monoisotopic (exact) mass is 251 g/mol. The van der Waals surface area contributed by atoms with E-state index in [0.29, 0.717) is 5.56 Å². The first-order chi connectivity index (χ1) is 8.11. The van der Waals surface area contributed by atoms with Gasteiger partial charge in [-0.15, -0.1) is 0 Å². The lowest BCUT2D eigenvalue weighted by Crippen LogP contribution is -1.97. The average molecular weight is 251 g/mol. The Labute approximate surface area is 102 Å². The molecule has 0 saturated carbocycles. The predicted octanol–water partition coefficient (Wildman–Crippen LogP) is 3.21. The van der Waals surface area contributed by atoms with Crippen LogP contribution in [0.15, 0.2) is 24.4 Å². The van der Waals surface area contributed by atoms with Crippen molar-refractivity contribution in [2.24, 2.45) is 0 Å². The van der Waals surface area contributed by atoms with Crippen LogP contribution in [0.2, 0.25) is 0 Å². The van der Waals surface area contributed by atoms with E-state index in [1.807, 2.05) is 6.92 Å². The molecule has 0 amide bonds. The molecule has 1 N–H and O–H groups in total. The minimum Gasteiger partial charge on any atom is -0.478 e. The van der Waals surface area contributed by atoms with Crippen molar-refractivity contribution in [3.05, 3.63) is 40.7 Å². The summed E-state index contributed by atoms with van der Waals surface area (Å²) in [7, 11) is 0. The van der Waals surface area contributed by atoms with Crippen LogP contribution in [0.5, 0.6) is 0 Å². The number of aromatic carboxylic acids is 1. The summed E-state index contributed by atoms with van der Waals surface area (Å²) in [6, 6.07) is 3.81. The highest BCUT2D eigenvalue weighted by molar-refractivity contribution is 7.06. The van der Waals surface area contributed by atoms with Crippen LogP contribution in [0, 0.1) is 5.82 Å². The van der Waals surface area contributed by atoms with Crippen LogP contribution >= 0.6 is 11.5 Å². The lowest BCUT2D eigenvalue weighted by molar-refractivity contribution is 0.0696. The van der Waals surface area contributed by atoms with Gasteiger partial charge in [0.2, 0.25) is 0 Å². The predicted molar refractivity (Wildman–Crippen MR) is 63.8 cm³/mol. The second-order valence-corrected chi connectivity index (χ2v) is 4.44. The Bertz CT molecular complexity index is 565. The SMILES string of the molecule is CCc1sncc1-c1cc(F)cc(C(=O)O)c1. The summed E-state index contributed by atoms with van der Waals surface area (Å²) < 4.78 is 17.4. The number of halogens is 1. The number of rotatable bonds is 3. The molecule has 17 heavy (non-hydrogen) atoms. The van der Waals surface area contributed by atoms with Gasteiger partial charge in [-0.3, -0.25) is 0 Å². The molecule has 0 aliphatic rings. The summed E-state index contributed by atoms with van der Waals surface area (Å²) in [5, 5.41) is 8.88. The van der Waals surface area contributed by atoms with Crippen LogP contribution in [-0.4, -0.2) is 15.4 Å². The number of carboxylic acids is 1. The Morgan fingerprint density at radius 2 is 2.24 bits per heavy atom. The van der Waals surface area contributed by atoms with Crippen molar-refractivity contribution in [1.29, 1.82) is 0 Å². The van der Waals surface area contributed by atoms with E-state index < -0.39 is 11.8 Å². The van der Waals surface area contributed by atoms with Crippen molar-refractivity contribution in [3.8, 4) is 11.1 Å². The number of carboxylic acid groups (broad SMARTS) is 1. The van der Waals surface area contributed by atoms with E-state index in [9.17, 15) is 9.18 Å². The molecule has 2 aromatic rings. The summed E-state index contributed by atoms with van der Waals surface area (Å²) in [5.74, 6) is -1.68. The number of nitrogens with zero attached hydrogens (tertiary/aromatic N) is 1. The van der Waals surface area contributed by atoms with E-state index in [1.54, 1.807) is 6.20 Å². The van der Waals surface area contributed by atoms with Gasteiger partial charge in [0.25, 0.3) is 0 Å². The number of hydrogen-bond acceptors (Lipinski definition) is 3. The third-order valence-electron chi connectivity index (χ3n) is 2.42. The van der Waals surface area contributed by atoms with Crippen LogP contribution in [0.3, 0.4) is 0 Å². The fraction of sp³-hybridized carbons (Fsp3) is 0.167. The Kier molecular flexibility index (Phi) is 3.19. The molecule has 0 aliphatic carbocycles. The van der Waals surface area contributed by atoms with Crippen molar-refractivity contribution in [2.45, 2.75) is 13.3 Å². The fourth-order valence-electron chi connectivity index (χ4n) is 1.62. The number of aryl methyl sites for hydroxylation is 1. The molecule has 0 fully saturated rings. The highest BCUT2D eigenvalue weighted by Crippen LogP contribution is 2.28. The topological polar surface area (TPSA) is 50.2 Å². The van der Waals surface area contributed by atoms with Crippen molar-refractivity contribution >= 4 is 17.5 Å². The molecule has 1 aromatic heterocycles. The van der Waals surface area contributed by atoms with E-state index in [4.69, 9.17) is 5.11 Å². The summed E-state index contributed by atoms with van der Waals surface area (Å²) in [5.41, 5.74) is 1.32. The zero-order valence-electron chi connectivity index (χ0n) is 9.11. The molecule has 0 saturated heterocycles. The highest BCUT2D eigenvalue weighted by Gasteiger charge is 2.12. The van der Waals surface area contributed by atoms with Crippen molar-refractivity contribution in [3.63, 3.8) is 0 Å². The van der Waals surface area contributed by atoms with Gasteiger partial charge in [0.15, 0.2) is 0 Å². The van der Waals surface area contributed by atoms with E-state index in [-0.39, 0.29) is 5.56 Å². The molecule has 88 valence electrons. The molecular formula is C12H10FNO2S. The Morgan fingerprint density at radius 1 is 1.47 bits per heavy atom. The van der Waals surface area contributed by atoms with E-state index in [1.165, 1.54) is 23.7 Å². The third kappa shape index (κ3) is 2.34. The molecule has 5 heteroatoms. The van der Waals surface area contributed by atoms with Gasteiger partial charge < -0.3 is 5.11 Å². The summed E-state index contributed by atoms with van der Waals surface area (Å²) >= 11 is 1.34. The van der Waals surface area contributed by atoms with Gasteiger partial charge in [-0.2, -0.15) is 0 Å². The maximum atomic E-state index is 13.3.